The largest absolute Gasteiger partial charge is 0.460 e. The lowest BCUT2D eigenvalue weighted by atomic mass is 9.89. The number of rotatable bonds is 9. The average Bonchev–Trinajstić information content (AvgIpc) is 2.78. The fourth-order valence-electron chi connectivity index (χ4n) is 3.31. The van der Waals surface area contributed by atoms with Crippen LogP contribution in [0.15, 0.2) is 41.6 Å². The highest BCUT2D eigenvalue weighted by Crippen LogP contribution is 2.61. The minimum atomic E-state index is -8.03. The number of carbonyl (C=O) groups excluding carboxylic acids is 1. The molecule has 1 fully saturated rings. The molecule has 1 aromatic rings. The average molecular weight is 549 g/mol. The molecule has 0 unspecified atom stereocenters. The van der Waals surface area contributed by atoms with Gasteiger partial charge in [0.05, 0.1) is 18.9 Å². The molecule has 0 saturated carbocycles. The zero-order chi connectivity index (χ0) is 27.8. The third-order valence-electron chi connectivity index (χ3n) is 5.24. The normalized spacial score (nSPS) is 17.6. The summed E-state index contributed by atoms with van der Waals surface area (Å²) in [4.78, 5) is 11.8. The Bertz CT molecular complexity index is 952. The summed E-state index contributed by atoms with van der Waals surface area (Å²) in [6, 6.07) is 6.44. The van der Waals surface area contributed by atoms with Crippen LogP contribution in [0.2, 0.25) is 0 Å². The van der Waals surface area contributed by atoms with Gasteiger partial charge in [-0.15, -0.1) is 0 Å². The van der Waals surface area contributed by atoms with Gasteiger partial charge in [0.15, 0.2) is 0 Å². The van der Waals surface area contributed by atoms with E-state index in [1.165, 1.54) is 30.3 Å². The van der Waals surface area contributed by atoms with Gasteiger partial charge in [-0.1, -0.05) is 30.3 Å². The lowest BCUT2D eigenvalue weighted by Gasteiger charge is -2.43. The van der Waals surface area contributed by atoms with E-state index < -0.39 is 86.1 Å². The molecule has 0 amide bonds. The number of ether oxygens (including phenoxy) is 1. The molecular weight excluding hydrogens is 533 g/mol. The number of aldehydes is 1. The van der Waals surface area contributed by atoms with E-state index in [-0.39, 0.29) is 10.5 Å². The lowest BCUT2D eigenvalue weighted by Crippen LogP contribution is -2.71. The highest BCUT2D eigenvalue weighted by Gasteiger charge is 2.91. The van der Waals surface area contributed by atoms with Crippen LogP contribution in [0, 0.1) is 0 Å². The Hall–Kier alpha value is -2.52. The van der Waals surface area contributed by atoms with Gasteiger partial charge in [0, 0.05) is 25.1 Å². The summed E-state index contributed by atoms with van der Waals surface area (Å²) in [6.07, 6.45) is -8.89. The highest BCUT2D eigenvalue weighted by molar-refractivity contribution is 5.76. The Morgan fingerprint density at radius 2 is 1.22 bits per heavy atom. The number of carbonyl (C=O) groups is 1. The molecule has 204 valence electrons. The van der Waals surface area contributed by atoms with E-state index in [0.29, 0.717) is 0 Å². The van der Waals surface area contributed by atoms with Crippen molar-refractivity contribution in [2.75, 3.05) is 26.3 Å². The Balaban J connectivity index is 2.74. The Morgan fingerprint density at radius 1 is 0.750 bits per heavy atom. The second kappa shape index (κ2) is 9.74. The smallest absolute Gasteiger partial charge is 0.378 e. The number of benzene rings is 1. The summed E-state index contributed by atoms with van der Waals surface area (Å²) in [6.45, 7) is -2.48. The molecule has 0 spiro atoms. The molecule has 1 aromatic carbocycles. The van der Waals surface area contributed by atoms with Crippen LogP contribution in [0.25, 0.3) is 0 Å². The van der Waals surface area contributed by atoms with Crippen LogP contribution in [0.3, 0.4) is 0 Å². The zero-order valence-corrected chi connectivity index (χ0v) is 17.7. The maximum Gasteiger partial charge on any atom is 0.460 e. The van der Waals surface area contributed by atoms with Crippen molar-refractivity contribution in [1.82, 2.24) is 4.90 Å². The maximum absolute atomic E-state index is 15.1. The van der Waals surface area contributed by atoms with E-state index >= 15 is 8.78 Å². The van der Waals surface area contributed by atoms with Crippen molar-refractivity contribution in [3.63, 3.8) is 0 Å². The molecule has 1 aliphatic heterocycles. The first-order chi connectivity index (χ1) is 16.3. The molecule has 3 nitrogen and oxygen atoms in total. The Labute approximate surface area is 194 Å². The monoisotopic (exact) mass is 549 g/mol. The van der Waals surface area contributed by atoms with Gasteiger partial charge >= 0.3 is 35.8 Å². The fourth-order valence-corrected chi connectivity index (χ4v) is 3.31. The van der Waals surface area contributed by atoms with Crippen molar-refractivity contribution in [2.45, 2.75) is 42.2 Å². The topological polar surface area (TPSA) is 29.5 Å². The van der Waals surface area contributed by atoms with Crippen LogP contribution in [0.4, 0.5) is 57.1 Å². The molecule has 0 atom stereocenters. The highest BCUT2D eigenvalue weighted by atomic mass is 19.4. The maximum atomic E-state index is 15.1. The molecule has 1 aliphatic rings. The van der Waals surface area contributed by atoms with Crippen molar-refractivity contribution < 1.29 is 66.6 Å². The minimum Gasteiger partial charge on any atom is -0.378 e. The lowest BCUT2D eigenvalue weighted by molar-refractivity contribution is -0.437. The zero-order valence-electron chi connectivity index (χ0n) is 17.7. The minimum absolute atomic E-state index is 0.00910. The number of morpholine rings is 1. The van der Waals surface area contributed by atoms with E-state index in [1.54, 1.807) is 0 Å². The SMILES string of the molecule is O=C/C(Cc1ccccc1)=C(\N1CCOCC1)C(F)(F)C(F)(F)C(F)(F)C(F)(F)C(F)(F)C(F)(F)F. The van der Waals surface area contributed by atoms with Gasteiger partial charge in [-0.05, 0) is 5.56 Å². The molecule has 1 saturated heterocycles. The van der Waals surface area contributed by atoms with Crippen LogP contribution >= 0.6 is 0 Å². The van der Waals surface area contributed by atoms with Gasteiger partial charge in [-0.3, -0.25) is 4.79 Å². The summed E-state index contributed by atoms with van der Waals surface area (Å²) >= 11 is 0. The van der Waals surface area contributed by atoms with Crippen LogP contribution in [0.1, 0.15) is 5.56 Å². The number of halogens is 13. The first kappa shape index (κ1) is 29.7. The van der Waals surface area contributed by atoms with E-state index in [1.807, 2.05) is 0 Å². The molecule has 2 rings (SSSR count). The summed E-state index contributed by atoms with van der Waals surface area (Å²) < 4.78 is 183. The molecule has 16 heteroatoms. The van der Waals surface area contributed by atoms with Crippen molar-refractivity contribution in [2.24, 2.45) is 0 Å². The van der Waals surface area contributed by atoms with Crippen molar-refractivity contribution in [3.8, 4) is 0 Å². The molecule has 0 bridgehead atoms. The van der Waals surface area contributed by atoms with Gasteiger partial charge in [0.1, 0.15) is 6.29 Å². The van der Waals surface area contributed by atoms with E-state index in [0.717, 1.165) is 0 Å². The van der Waals surface area contributed by atoms with Crippen LogP contribution < -0.4 is 0 Å². The van der Waals surface area contributed by atoms with Gasteiger partial charge < -0.3 is 9.64 Å². The first-order valence-electron chi connectivity index (χ1n) is 9.78. The van der Waals surface area contributed by atoms with Crippen molar-refractivity contribution in [1.29, 1.82) is 0 Å². The molecule has 0 aliphatic carbocycles. The molecule has 0 N–H and O–H groups in total. The summed E-state index contributed by atoms with van der Waals surface area (Å²) in [5, 5.41) is 0. The van der Waals surface area contributed by atoms with E-state index in [4.69, 9.17) is 4.74 Å². The number of hydrogen-bond donors (Lipinski definition) is 0. The molecule has 0 radical (unpaired) electrons. The third kappa shape index (κ3) is 4.75. The Kier molecular flexibility index (Phi) is 8.04. The summed E-state index contributed by atoms with van der Waals surface area (Å²) in [5.41, 5.74) is -3.57. The van der Waals surface area contributed by atoms with E-state index in [2.05, 4.69) is 0 Å². The van der Waals surface area contributed by atoms with Gasteiger partial charge in [-0.2, -0.15) is 57.1 Å². The van der Waals surface area contributed by atoms with Gasteiger partial charge in [-0.25, -0.2) is 0 Å². The fraction of sp³-hybridized carbons (Fsp3) is 0.550. The van der Waals surface area contributed by atoms with Gasteiger partial charge in [0.25, 0.3) is 0 Å². The number of alkyl halides is 13. The summed E-state index contributed by atoms with van der Waals surface area (Å²) in [7, 11) is 0. The van der Waals surface area contributed by atoms with Gasteiger partial charge in [0.2, 0.25) is 0 Å². The molecule has 1 heterocycles. The predicted octanol–water partition coefficient (Wildman–Crippen LogP) is 5.75. The second-order valence-corrected chi connectivity index (χ2v) is 7.62. The molecular formula is C20H16F13NO2. The molecule has 0 aromatic heterocycles. The summed E-state index contributed by atoms with van der Waals surface area (Å²) in [5.74, 6) is -37.9. The van der Waals surface area contributed by atoms with Crippen LogP contribution in [-0.4, -0.2) is 73.3 Å². The third-order valence-corrected chi connectivity index (χ3v) is 5.24. The van der Waals surface area contributed by atoms with Crippen LogP contribution in [-0.2, 0) is 16.0 Å². The molecule has 36 heavy (non-hydrogen) atoms. The standard InChI is InChI=1S/C20H16F13NO2/c21-15(22,16(23,24)17(25,26)18(27,28)19(29,30)20(31,32)33)14(34-6-8-36-9-7-34)13(11-35)10-12-4-2-1-3-5-12/h1-5,11H,6-10H2/b14-13-. The predicted molar refractivity (Wildman–Crippen MR) is 96.4 cm³/mol. The Morgan fingerprint density at radius 3 is 1.67 bits per heavy atom. The van der Waals surface area contributed by atoms with Crippen molar-refractivity contribution in [3.05, 3.63) is 47.2 Å². The number of hydrogen-bond acceptors (Lipinski definition) is 3. The van der Waals surface area contributed by atoms with Crippen LogP contribution in [0.5, 0.6) is 0 Å². The first-order valence-corrected chi connectivity index (χ1v) is 9.78. The van der Waals surface area contributed by atoms with E-state index in [9.17, 15) is 53.1 Å². The van der Waals surface area contributed by atoms with Crippen molar-refractivity contribution >= 4 is 6.29 Å². The second-order valence-electron chi connectivity index (χ2n) is 7.62. The quantitative estimate of drug-likeness (QED) is 0.223. The number of allylic oxidation sites excluding steroid dienone is 2. The number of nitrogens with zero attached hydrogens (tertiary/aromatic N) is 1.